The number of likely N-dealkylation sites (tertiary alicyclic amines) is 1. The van der Waals surface area contributed by atoms with Crippen LogP contribution < -0.4 is 5.32 Å². The van der Waals surface area contributed by atoms with E-state index in [-0.39, 0.29) is 5.91 Å². The molecule has 1 fully saturated rings. The number of likely N-dealkylation sites (N-methyl/N-ethyl adjacent to an activating group) is 1. The van der Waals surface area contributed by atoms with Crippen LogP contribution in [0.2, 0.25) is 0 Å². The van der Waals surface area contributed by atoms with Gasteiger partial charge in [0.15, 0.2) is 0 Å². The highest BCUT2D eigenvalue weighted by molar-refractivity contribution is 5.92. The molecule has 1 N–H and O–H groups in total. The Morgan fingerprint density at radius 2 is 2.11 bits per heavy atom. The Morgan fingerprint density at radius 1 is 1.37 bits per heavy atom. The van der Waals surface area contributed by atoms with Crippen LogP contribution in [0.25, 0.3) is 0 Å². The average molecular weight is 263 g/mol. The first-order valence-electron chi connectivity index (χ1n) is 6.48. The number of anilines is 1. The molecule has 1 aliphatic rings. The largest absolute Gasteiger partial charge is 0.372 e. The van der Waals surface area contributed by atoms with E-state index in [4.69, 9.17) is 0 Å². The molecule has 6 heteroatoms. The van der Waals surface area contributed by atoms with Crippen LogP contribution >= 0.6 is 0 Å². The second-order valence-electron chi connectivity index (χ2n) is 5.26. The standard InChI is InChI=1S/C13H21N5O/c1-9-7-18(8-11(9)17(3)4)13(19)10-5-16-12(14-2)6-15-10/h5-6,9,11H,7-8H2,1-4H3,(H,14,16). The number of nitrogens with one attached hydrogen (secondary N) is 1. The second kappa shape index (κ2) is 5.52. The highest BCUT2D eigenvalue weighted by Crippen LogP contribution is 2.21. The first kappa shape index (κ1) is 13.7. The molecule has 104 valence electrons. The second-order valence-corrected chi connectivity index (χ2v) is 5.26. The average Bonchev–Trinajstić information content (AvgIpc) is 2.80. The lowest BCUT2D eigenvalue weighted by molar-refractivity contribution is 0.0775. The summed E-state index contributed by atoms with van der Waals surface area (Å²) in [5.74, 6) is 1.10. The maximum atomic E-state index is 12.3. The number of amides is 1. The molecule has 0 aromatic carbocycles. The number of hydrogen-bond acceptors (Lipinski definition) is 5. The minimum absolute atomic E-state index is 0.0358. The summed E-state index contributed by atoms with van der Waals surface area (Å²) in [5.41, 5.74) is 0.408. The third-order valence-corrected chi connectivity index (χ3v) is 3.65. The summed E-state index contributed by atoms with van der Waals surface area (Å²) in [4.78, 5) is 24.7. The Bertz CT molecular complexity index is 445. The van der Waals surface area contributed by atoms with Gasteiger partial charge in [-0.1, -0.05) is 6.92 Å². The van der Waals surface area contributed by atoms with Crippen molar-refractivity contribution in [2.24, 2.45) is 5.92 Å². The molecular weight excluding hydrogens is 242 g/mol. The van der Waals surface area contributed by atoms with Gasteiger partial charge in [-0.25, -0.2) is 9.97 Å². The van der Waals surface area contributed by atoms with E-state index in [1.807, 2.05) is 4.90 Å². The molecule has 2 unspecified atom stereocenters. The van der Waals surface area contributed by atoms with Crippen LogP contribution in [0.5, 0.6) is 0 Å². The quantitative estimate of drug-likeness (QED) is 0.862. The van der Waals surface area contributed by atoms with Gasteiger partial charge in [-0.05, 0) is 20.0 Å². The summed E-state index contributed by atoms with van der Waals surface area (Å²) in [6.45, 7) is 3.70. The molecule has 0 saturated carbocycles. The Labute approximate surface area is 113 Å². The fourth-order valence-corrected chi connectivity index (χ4v) is 2.52. The summed E-state index contributed by atoms with van der Waals surface area (Å²) in [6.07, 6.45) is 3.11. The molecule has 1 saturated heterocycles. The van der Waals surface area contributed by atoms with Crippen LogP contribution in [0.3, 0.4) is 0 Å². The maximum absolute atomic E-state index is 12.3. The van der Waals surface area contributed by atoms with Crippen molar-refractivity contribution in [2.45, 2.75) is 13.0 Å². The van der Waals surface area contributed by atoms with E-state index in [1.54, 1.807) is 13.2 Å². The molecule has 1 aromatic heterocycles. The van der Waals surface area contributed by atoms with Crippen molar-refractivity contribution < 1.29 is 4.79 Å². The van der Waals surface area contributed by atoms with E-state index < -0.39 is 0 Å². The zero-order valence-electron chi connectivity index (χ0n) is 11.9. The van der Waals surface area contributed by atoms with Gasteiger partial charge in [0.25, 0.3) is 5.91 Å². The summed E-state index contributed by atoms with van der Waals surface area (Å²) >= 11 is 0. The van der Waals surface area contributed by atoms with Gasteiger partial charge in [0.2, 0.25) is 0 Å². The molecule has 1 aliphatic heterocycles. The number of carbonyl (C=O) groups excluding carboxylic acids is 1. The maximum Gasteiger partial charge on any atom is 0.274 e. The van der Waals surface area contributed by atoms with Crippen LogP contribution in [0.4, 0.5) is 5.82 Å². The van der Waals surface area contributed by atoms with Crippen LogP contribution in [-0.2, 0) is 0 Å². The minimum Gasteiger partial charge on any atom is -0.372 e. The van der Waals surface area contributed by atoms with Crippen LogP contribution in [-0.4, -0.2) is 65.9 Å². The smallest absolute Gasteiger partial charge is 0.274 e. The Morgan fingerprint density at radius 3 is 2.58 bits per heavy atom. The van der Waals surface area contributed by atoms with E-state index in [0.717, 1.165) is 13.1 Å². The lowest BCUT2D eigenvalue weighted by Gasteiger charge is -2.22. The minimum atomic E-state index is -0.0358. The summed E-state index contributed by atoms with van der Waals surface area (Å²) in [6, 6.07) is 0.411. The number of rotatable bonds is 3. The molecule has 0 radical (unpaired) electrons. The van der Waals surface area contributed by atoms with Crippen molar-refractivity contribution in [3.05, 3.63) is 18.1 Å². The summed E-state index contributed by atoms with van der Waals surface area (Å²) < 4.78 is 0. The van der Waals surface area contributed by atoms with Crippen molar-refractivity contribution in [1.82, 2.24) is 19.8 Å². The third-order valence-electron chi connectivity index (χ3n) is 3.65. The number of aromatic nitrogens is 2. The van der Waals surface area contributed by atoms with Gasteiger partial charge in [0.05, 0.1) is 12.4 Å². The molecule has 19 heavy (non-hydrogen) atoms. The third kappa shape index (κ3) is 2.84. The molecule has 2 heterocycles. The molecule has 0 aliphatic carbocycles. The van der Waals surface area contributed by atoms with Gasteiger partial charge in [-0.3, -0.25) is 4.79 Å². The molecule has 6 nitrogen and oxygen atoms in total. The van der Waals surface area contributed by atoms with Crippen molar-refractivity contribution in [2.75, 3.05) is 39.5 Å². The normalized spacial score (nSPS) is 22.9. The molecule has 2 rings (SSSR count). The molecule has 0 spiro atoms. The van der Waals surface area contributed by atoms with Gasteiger partial charge in [-0.2, -0.15) is 0 Å². The van der Waals surface area contributed by atoms with E-state index >= 15 is 0 Å². The SMILES string of the molecule is CNc1cnc(C(=O)N2CC(C)C(N(C)C)C2)cn1. The molecule has 0 bridgehead atoms. The lowest BCUT2D eigenvalue weighted by atomic mass is 10.1. The Balaban J connectivity index is 2.08. The van der Waals surface area contributed by atoms with Crippen molar-refractivity contribution >= 4 is 11.7 Å². The molecule has 2 atom stereocenters. The van der Waals surface area contributed by atoms with E-state index in [1.165, 1.54) is 6.20 Å². The van der Waals surface area contributed by atoms with E-state index in [0.29, 0.717) is 23.5 Å². The van der Waals surface area contributed by atoms with Crippen LogP contribution in [0.15, 0.2) is 12.4 Å². The number of carbonyl (C=O) groups is 1. The van der Waals surface area contributed by atoms with Gasteiger partial charge in [0, 0.05) is 26.2 Å². The highest BCUT2D eigenvalue weighted by Gasteiger charge is 2.34. The van der Waals surface area contributed by atoms with Crippen LogP contribution in [0.1, 0.15) is 17.4 Å². The fourth-order valence-electron chi connectivity index (χ4n) is 2.52. The first-order valence-corrected chi connectivity index (χ1v) is 6.48. The molecule has 1 amide bonds. The topological polar surface area (TPSA) is 61.4 Å². The van der Waals surface area contributed by atoms with E-state index in [9.17, 15) is 4.79 Å². The zero-order valence-corrected chi connectivity index (χ0v) is 11.9. The Hall–Kier alpha value is -1.69. The molecular formula is C13H21N5O. The van der Waals surface area contributed by atoms with Crippen molar-refractivity contribution in [1.29, 1.82) is 0 Å². The Kier molecular flexibility index (Phi) is 3.99. The van der Waals surface area contributed by atoms with Gasteiger partial charge in [0.1, 0.15) is 11.5 Å². The summed E-state index contributed by atoms with van der Waals surface area (Å²) in [7, 11) is 5.88. The van der Waals surface area contributed by atoms with Crippen molar-refractivity contribution in [3.8, 4) is 0 Å². The predicted molar refractivity (Wildman–Crippen MR) is 74.1 cm³/mol. The fraction of sp³-hybridized carbons (Fsp3) is 0.615. The van der Waals surface area contributed by atoms with Crippen molar-refractivity contribution in [3.63, 3.8) is 0 Å². The number of hydrogen-bond donors (Lipinski definition) is 1. The van der Waals surface area contributed by atoms with Gasteiger partial charge >= 0.3 is 0 Å². The number of nitrogens with zero attached hydrogens (tertiary/aromatic N) is 4. The zero-order chi connectivity index (χ0) is 14.0. The highest BCUT2D eigenvalue weighted by atomic mass is 16.2. The lowest BCUT2D eigenvalue weighted by Crippen LogP contribution is -2.36. The predicted octanol–water partition coefficient (Wildman–Crippen LogP) is 0.540. The van der Waals surface area contributed by atoms with Crippen LogP contribution in [0, 0.1) is 5.92 Å². The monoisotopic (exact) mass is 263 g/mol. The first-order chi connectivity index (χ1) is 9.02. The van der Waals surface area contributed by atoms with Gasteiger partial charge in [-0.15, -0.1) is 0 Å². The molecule has 1 aromatic rings. The van der Waals surface area contributed by atoms with Gasteiger partial charge < -0.3 is 15.1 Å². The van der Waals surface area contributed by atoms with E-state index in [2.05, 4.69) is 41.2 Å². The summed E-state index contributed by atoms with van der Waals surface area (Å²) in [5, 5.41) is 2.89.